The van der Waals surface area contributed by atoms with Gasteiger partial charge in [0.05, 0.1) is 5.56 Å². The van der Waals surface area contributed by atoms with Crippen LogP contribution in [0, 0.1) is 6.92 Å². The first-order valence-corrected chi connectivity index (χ1v) is 7.57. The first-order chi connectivity index (χ1) is 11.7. The minimum absolute atomic E-state index is 0.0923. The van der Waals surface area contributed by atoms with E-state index < -0.39 is 5.97 Å². The average molecular weight is 323 g/mol. The minimum atomic E-state index is -0.397. The summed E-state index contributed by atoms with van der Waals surface area (Å²) in [5, 5.41) is 3.78. The molecule has 5 heteroatoms. The summed E-state index contributed by atoms with van der Waals surface area (Å²) >= 11 is 0. The Bertz CT molecular complexity index is 794. The molecule has 0 aliphatic carbocycles. The fraction of sp³-hybridized carbons (Fsp3) is 0.158. The van der Waals surface area contributed by atoms with Crippen molar-refractivity contribution < 1.29 is 18.8 Å². The lowest BCUT2D eigenvalue weighted by molar-refractivity contribution is 0.0464. The maximum Gasteiger partial charge on any atom is 0.338 e. The number of carbonyl (C=O) groups excluding carboxylic acids is 1. The normalized spacial score (nSPS) is 10.4. The van der Waals surface area contributed by atoms with Crippen LogP contribution in [0.25, 0.3) is 0 Å². The summed E-state index contributed by atoms with van der Waals surface area (Å²) in [6.45, 7) is 2.32. The van der Waals surface area contributed by atoms with E-state index in [-0.39, 0.29) is 6.61 Å². The number of ether oxygens (including phenoxy) is 2. The SMILES string of the molecule is Cc1cc(COC(=O)c2ccc(COc3ccccc3)cc2)no1. The van der Waals surface area contributed by atoms with Crippen LogP contribution in [0.5, 0.6) is 5.75 Å². The molecule has 0 bridgehead atoms. The third-order valence-corrected chi connectivity index (χ3v) is 3.37. The van der Waals surface area contributed by atoms with E-state index in [2.05, 4.69) is 5.16 Å². The quantitative estimate of drug-likeness (QED) is 0.643. The second kappa shape index (κ2) is 7.46. The third-order valence-electron chi connectivity index (χ3n) is 3.37. The van der Waals surface area contributed by atoms with Crippen molar-refractivity contribution in [1.82, 2.24) is 5.16 Å². The van der Waals surface area contributed by atoms with Crippen molar-refractivity contribution in [2.75, 3.05) is 0 Å². The molecule has 0 spiro atoms. The molecule has 0 N–H and O–H groups in total. The average Bonchev–Trinajstić information content (AvgIpc) is 3.04. The number of benzene rings is 2. The number of para-hydroxylation sites is 1. The molecule has 0 radical (unpaired) electrons. The number of aromatic nitrogens is 1. The van der Waals surface area contributed by atoms with Crippen molar-refractivity contribution in [1.29, 1.82) is 0 Å². The molecule has 0 aliphatic rings. The predicted molar refractivity (Wildman–Crippen MR) is 87.6 cm³/mol. The topological polar surface area (TPSA) is 61.6 Å². The molecular formula is C19H17NO4. The number of esters is 1. The highest BCUT2D eigenvalue weighted by atomic mass is 16.5. The van der Waals surface area contributed by atoms with Crippen LogP contribution in [0.4, 0.5) is 0 Å². The van der Waals surface area contributed by atoms with Crippen molar-refractivity contribution >= 4 is 5.97 Å². The summed E-state index contributed by atoms with van der Waals surface area (Å²) in [5.41, 5.74) is 2.05. The van der Waals surface area contributed by atoms with E-state index in [1.54, 1.807) is 25.1 Å². The van der Waals surface area contributed by atoms with Crippen molar-refractivity contribution in [2.45, 2.75) is 20.1 Å². The fourth-order valence-corrected chi connectivity index (χ4v) is 2.13. The molecule has 122 valence electrons. The number of hydrogen-bond donors (Lipinski definition) is 0. The highest BCUT2D eigenvalue weighted by molar-refractivity contribution is 5.89. The largest absolute Gasteiger partial charge is 0.489 e. The van der Waals surface area contributed by atoms with Crippen LogP contribution in [0.2, 0.25) is 0 Å². The Morgan fingerprint density at radius 3 is 2.46 bits per heavy atom. The van der Waals surface area contributed by atoms with Crippen molar-refractivity contribution in [2.24, 2.45) is 0 Å². The van der Waals surface area contributed by atoms with Gasteiger partial charge in [0.25, 0.3) is 0 Å². The molecule has 2 aromatic carbocycles. The Balaban J connectivity index is 1.52. The smallest absolute Gasteiger partial charge is 0.338 e. The first kappa shape index (κ1) is 15.8. The molecular weight excluding hydrogens is 306 g/mol. The molecule has 0 amide bonds. The van der Waals surface area contributed by atoms with E-state index in [1.807, 2.05) is 42.5 Å². The van der Waals surface area contributed by atoms with E-state index in [0.717, 1.165) is 11.3 Å². The Labute approximate surface area is 139 Å². The lowest BCUT2D eigenvalue weighted by Crippen LogP contribution is -2.05. The summed E-state index contributed by atoms with van der Waals surface area (Å²) in [6.07, 6.45) is 0. The molecule has 24 heavy (non-hydrogen) atoms. The van der Waals surface area contributed by atoms with Gasteiger partial charge >= 0.3 is 5.97 Å². The second-order valence-electron chi connectivity index (χ2n) is 5.30. The van der Waals surface area contributed by atoms with Crippen LogP contribution in [0.15, 0.2) is 65.2 Å². The van der Waals surface area contributed by atoms with Gasteiger partial charge in [-0.3, -0.25) is 0 Å². The van der Waals surface area contributed by atoms with Gasteiger partial charge in [-0.05, 0) is 36.8 Å². The van der Waals surface area contributed by atoms with E-state index in [4.69, 9.17) is 14.0 Å². The Hall–Kier alpha value is -3.08. The van der Waals surface area contributed by atoms with Crippen LogP contribution in [0.3, 0.4) is 0 Å². The van der Waals surface area contributed by atoms with E-state index in [1.165, 1.54) is 0 Å². The zero-order valence-electron chi connectivity index (χ0n) is 13.3. The molecule has 0 atom stereocenters. The maximum absolute atomic E-state index is 12.0. The number of carbonyl (C=O) groups is 1. The Morgan fingerprint density at radius 2 is 1.79 bits per heavy atom. The number of nitrogens with zero attached hydrogens (tertiary/aromatic N) is 1. The maximum atomic E-state index is 12.0. The molecule has 3 aromatic rings. The van der Waals surface area contributed by atoms with Gasteiger partial charge in [-0.15, -0.1) is 0 Å². The lowest BCUT2D eigenvalue weighted by Gasteiger charge is -2.07. The zero-order chi connectivity index (χ0) is 16.8. The summed E-state index contributed by atoms with van der Waals surface area (Å²) < 4.78 is 15.8. The van der Waals surface area contributed by atoms with Gasteiger partial charge < -0.3 is 14.0 Å². The van der Waals surface area contributed by atoms with E-state index in [0.29, 0.717) is 23.6 Å². The molecule has 0 saturated heterocycles. The van der Waals surface area contributed by atoms with Crippen LogP contribution >= 0.6 is 0 Å². The van der Waals surface area contributed by atoms with E-state index >= 15 is 0 Å². The summed E-state index contributed by atoms with van der Waals surface area (Å²) in [6, 6.07) is 18.5. The van der Waals surface area contributed by atoms with Crippen LogP contribution in [0.1, 0.15) is 27.4 Å². The van der Waals surface area contributed by atoms with Gasteiger partial charge in [0.15, 0.2) is 0 Å². The molecule has 1 heterocycles. The van der Waals surface area contributed by atoms with Gasteiger partial charge in [-0.25, -0.2) is 4.79 Å². The van der Waals surface area contributed by atoms with Crippen molar-refractivity contribution in [3.63, 3.8) is 0 Å². The lowest BCUT2D eigenvalue weighted by atomic mass is 10.1. The van der Waals surface area contributed by atoms with Crippen LogP contribution < -0.4 is 4.74 Å². The molecule has 0 fully saturated rings. The van der Waals surface area contributed by atoms with Gasteiger partial charge in [-0.1, -0.05) is 35.5 Å². The third kappa shape index (κ3) is 4.23. The number of aryl methyl sites for hydroxylation is 1. The van der Waals surface area contributed by atoms with Crippen LogP contribution in [-0.2, 0) is 18.0 Å². The molecule has 5 nitrogen and oxygen atoms in total. The van der Waals surface area contributed by atoms with Gasteiger partial charge in [0.1, 0.15) is 30.4 Å². The standard InChI is InChI=1S/C19H17NO4/c1-14-11-17(20-24-14)13-23-19(21)16-9-7-15(8-10-16)12-22-18-5-3-2-4-6-18/h2-11H,12-13H2,1H3. The Kier molecular flexibility index (Phi) is 4.91. The molecule has 0 aliphatic heterocycles. The highest BCUT2D eigenvalue weighted by Gasteiger charge is 2.09. The predicted octanol–water partition coefficient (Wildman–Crippen LogP) is 3.92. The van der Waals surface area contributed by atoms with Gasteiger partial charge in [0, 0.05) is 6.07 Å². The minimum Gasteiger partial charge on any atom is -0.489 e. The summed E-state index contributed by atoms with van der Waals surface area (Å²) in [7, 11) is 0. The molecule has 0 saturated carbocycles. The monoisotopic (exact) mass is 323 g/mol. The molecule has 3 rings (SSSR count). The van der Waals surface area contributed by atoms with Gasteiger partial charge in [-0.2, -0.15) is 0 Å². The molecule has 0 unspecified atom stereocenters. The number of hydrogen-bond acceptors (Lipinski definition) is 5. The fourth-order valence-electron chi connectivity index (χ4n) is 2.13. The summed E-state index contributed by atoms with van der Waals surface area (Å²) in [4.78, 5) is 12.0. The van der Waals surface area contributed by atoms with Crippen molar-refractivity contribution in [3.8, 4) is 5.75 Å². The van der Waals surface area contributed by atoms with E-state index in [9.17, 15) is 4.79 Å². The summed E-state index contributed by atoms with van der Waals surface area (Å²) in [5.74, 6) is 1.10. The second-order valence-corrected chi connectivity index (χ2v) is 5.30. The van der Waals surface area contributed by atoms with Crippen molar-refractivity contribution in [3.05, 3.63) is 83.2 Å². The van der Waals surface area contributed by atoms with Crippen LogP contribution in [-0.4, -0.2) is 11.1 Å². The highest BCUT2D eigenvalue weighted by Crippen LogP contribution is 2.13. The zero-order valence-corrected chi connectivity index (χ0v) is 13.3. The Morgan fingerprint density at radius 1 is 1.04 bits per heavy atom. The number of rotatable bonds is 6. The van der Waals surface area contributed by atoms with Gasteiger partial charge in [0.2, 0.25) is 0 Å². The first-order valence-electron chi connectivity index (χ1n) is 7.57. The molecule has 1 aromatic heterocycles.